The topological polar surface area (TPSA) is 59.9 Å². The Morgan fingerprint density at radius 2 is 1.14 bits per heavy atom. The average Bonchev–Trinajstić information content (AvgIpc) is 2.75. The number of hydrogen-bond donors (Lipinski definition) is 0. The van der Waals surface area contributed by atoms with Gasteiger partial charge in [0.15, 0.2) is 0 Å². The first-order valence-corrected chi connectivity index (χ1v) is 9.03. The van der Waals surface area contributed by atoms with Gasteiger partial charge in [-0.2, -0.15) is 0 Å². The summed E-state index contributed by atoms with van der Waals surface area (Å²) >= 11 is 0. The lowest BCUT2D eigenvalue weighted by Gasteiger charge is -2.20. The third-order valence-electron chi connectivity index (χ3n) is 5.40. The molecule has 130 valence electrons. The monoisotopic (exact) mass is 360 g/mol. The predicted molar refractivity (Wildman–Crippen MR) is 109 cm³/mol. The molecule has 1 heterocycles. The van der Waals surface area contributed by atoms with Gasteiger partial charge < -0.3 is 0 Å². The van der Waals surface area contributed by atoms with E-state index in [1.54, 1.807) is 18.2 Å². The minimum Gasteiger partial charge on any atom is -0.285 e. The van der Waals surface area contributed by atoms with E-state index in [4.69, 9.17) is 9.97 Å². The molecule has 0 atom stereocenters. The molecule has 0 saturated carbocycles. The van der Waals surface area contributed by atoms with E-state index in [1.807, 2.05) is 54.6 Å². The number of rotatable bonds is 0. The number of nitrogens with zero attached hydrogens (tertiary/aromatic N) is 2. The minimum atomic E-state index is -0.458. The number of carbonyl (C=O) groups is 2. The van der Waals surface area contributed by atoms with Crippen LogP contribution in [0.5, 0.6) is 0 Å². The minimum absolute atomic E-state index is 0.448. The van der Waals surface area contributed by atoms with E-state index in [0.717, 1.165) is 44.0 Å². The summed E-state index contributed by atoms with van der Waals surface area (Å²) in [5, 5.41) is 1.83. The molecule has 0 saturated heterocycles. The maximum absolute atomic E-state index is 12.7. The summed E-state index contributed by atoms with van der Waals surface area (Å²) in [4.78, 5) is 34.7. The molecule has 1 aliphatic rings. The van der Waals surface area contributed by atoms with Crippen LogP contribution in [0.3, 0.4) is 0 Å². The van der Waals surface area contributed by atoms with E-state index in [0.29, 0.717) is 11.1 Å². The highest BCUT2D eigenvalue weighted by Crippen LogP contribution is 2.40. The molecule has 4 nitrogen and oxygen atoms in total. The van der Waals surface area contributed by atoms with Crippen molar-refractivity contribution in [2.45, 2.75) is 0 Å². The Kier molecular flexibility index (Phi) is 2.87. The molecule has 0 radical (unpaired) electrons. The Labute approximate surface area is 159 Å². The molecule has 4 heteroatoms. The second kappa shape index (κ2) is 5.30. The molecule has 0 amide bonds. The molecule has 0 aliphatic heterocycles. The van der Waals surface area contributed by atoms with Crippen molar-refractivity contribution in [2.24, 2.45) is 0 Å². The van der Waals surface area contributed by atoms with Gasteiger partial charge in [-0.05, 0) is 35.2 Å². The second-order valence-electron chi connectivity index (χ2n) is 6.93. The summed E-state index contributed by atoms with van der Waals surface area (Å²) in [7, 11) is 0. The van der Waals surface area contributed by atoms with Crippen molar-refractivity contribution in [3.63, 3.8) is 0 Å². The maximum atomic E-state index is 12.7. The SMILES string of the molecule is O=C1C(=O)c2ccc3c(ccc4nc5ccccc5nc43)c2-c2ccccc21. The summed E-state index contributed by atoms with van der Waals surface area (Å²) in [6, 6.07) is 22.6. The fourth-order valence-electron chi connectivity index (χ4n) is 4.11. The fraction of sp³-hybridized carbons (Fsp3) is 0. The van der Waals surface area contributed by atoms with Gasteiger partial charge in [-0.25, -0.2) is 9.97 Å². The van der Waals surface area contributed by atoms with Gasteiger partial charge in [-0.3, -0.25) is 9.59 Å². The molecule has 0 bridgehead atoms. The Bertz CT molecular complexity index is 1500. The molecule has 0 spiro atoms. The van der Waals surface area contributed by atoms with Crippen LogP contribution in [0.1, 0.15) is 20.7 Å². The highest BCUT2D eigenvalue weighted by atomic mass is 16.2. The van der Waals surface area contributed by atoms with Crippen LogP contribution < -0.4 is 0 Å². The molecule has 28 heavy (non-hydrogen) atoms. The van der Waals surface area contributed by atoms with Crippen LogP contribution in [0.25, 0.3) is 44.0 Å². The number of fused-ring (bicyclic) bond motifs is 8. The fourth-order valence-corrected chi connectivity index (χ4v) is 4.11. The van der Waals surface area contributed by atoms with Gasteiger partial charge in [0, 0.05) is 22.1 Å². The van der Waals surface area contributed by atoms with E-state index in [1.165, 1.54) is 0 Å². The van der Waals surface area contributed by atoms with E-state index < -0.39 is 11.6 Å². The van der Waals surface area contributed by atoms with Crippen LogP contribution in [0.15, 0.2) is 72.8 Å². The van der Waals surface area contributed by atoms with Crippen molar-refractivity contribution >= 4 is 44.4 Å². The van der Waals surface area contributed by atoms with Gasteiger partial charge in [-0.1, -0.05) is 48.5 Å². The van der Waals surface area contributed by atoms with Gasteiger partial charge in [0.2, 0.25) is 11.6 Å². The Balaban J connectivity index is 1.79. The predicted octanol–water partition coefficient (Wildman–Crippen LogP) is 4.98. The van der Waals surface area contributed by atoms with Crippen LogP contribution in [-0.2, 0) is 0 Å². The normalized spacial score (nSPS) is 13.1. The Hall–Kier alpha value is -3.92. The summed E-state index contributed by atoms with van der Waals surface area (Å²) in [5.74, 6) is -0.908. The van der Waals surface area contributed by atoms with Crippen LogP contribution in [0, 0.1) is 0 Å². The number of Topliss-reactive ketones (excluding diaryl/α,β-unsaturated/α-hetero) is 2. The zero-order valence-corrected chi connectivity index (χ0v) is 14.6. The molecular weight excluding hydrogens is 348 g/mol. The number of para-hydroxylation sites is 2. The molecule has 4 aromatic carbocycles. The van der Waals surface area contributed by atoms with E-state index in [2.05, 4.69) is 0 Å². The number of carbonyl (C=O) groups excluding carboxylic acids is 2. The van der Waals surface area contributed by atoms with Crippen molar-refractivity contribution in [2.75, 3.05) is 0 Å². The molecule has 0 unspecified atom stereocenters. The van der Waals surface area contributed by atoms with E-state index in [-0.39, 0.29) is 0 Å². The standard InChI is InChI=1S/C24H12N2O2/c27-23-16-6-2-1-5-13(16)21-14-11-12-20-22(15(14)9-10-17(21)24(23)28)26-19-8-4-3-7-18(19)25-20/h1-12H. The number of hydrogen-bond acceptors (Lipinski definition) is 4. The number of ketones is 2. The molecular formula is C24H12N2O2. The Morgan fingerprint density at radius 1 is 0.500 bits per heavy atom. The zero-order valence-electron chi connectivity index (χ0n) is 14.6. The highest BCUT2D eigenvalue weighted by Gasteiger charge is 2.31. The molecule has 0 N–H and O–H groups in total. The van der Waals surface area contributed by atoms with Crippen LogP contribution in [-0.4, -0.2) is 21.5 Å². The van der Waals surface area contributed by atoms with Crippen molar-refractivity contribution in [1.29, 1.82) is 0 Å². The Morgan fingerprint density at radius 3 is 1.96 bits per heavy atom. The lowest BCUT2D eigenvalue weighted by molar-refractivity contribution is 0.0815. The molecule has 6 rings (SSSR count). The summed E-state index contributed by atoms with van der Waals surface area (Å²) < 4.78 is 0. The number of aromatic nitrogens is 2. The summed E-state index contributed by atoms with van der Waals surface area (Å²) in [6.45, 7) is 0. The lowest BCUT2D eigenvalue weighted by Crippen LogP contribution is -2.21. The largest absolute Gasteiger partial charge is 0.285 e. The highest BCUT2D eigenvalue weighted by molar-refractivity contribution is 6.53. The molecule has 5 aromatic rings. The molecule has 1 aromatic heterocycles. The van der Waals surface area contributed by atoms with E-state index >= 15 is 0 Å². The van der Waals surface area contributed by atoms with Gasteiger partial charge in [0.1, 0.15) is 0 Å². The van der Waals surface area contributed by atoms with Gasteiger partial charge in [-0.15, -0.1) is 0 Å². The van der Waals surface area contributed by atoms with Crippen LogP contribution >= 0.6 is 0 Å². The van der Waals surface area contributed by atoms with E-state index in [9.17, 15) is 9.59 Å². The third kappa shape index (κ3) is 1.89. The quantitative estimate of drug-likeness (QED) is 0.222. The van der Waals surface area contributed by atoms with Crippen molar-refractivity contribution in [1.82, 2.24) is 9.97 Å². The van der Waals surface area contributed by atoms with Crippen molar-refractivity contribution in [3.05, 3.63) is 83.9 Å². The van der Waals surface area contributed by atoms with Crippen molar-refractivity contribution < 1.29 is 9.59 Å². The maximum Gasteiger partial charge on any atom is 0.234 e. The van der Waals surface area contributed by atoms with Gasteiger partial charge in [0.25, 0.3) is 0 Å². The van der Waals surface area contributed by atoms with Crippen LogP contribution in [0.4, 0.5) is 0 Å². The number of benzene rings is 4. The zero-order chi connectivity index (χ0) is 18.8. The van der Waals surface area contributed by atoms with Crippen molar-refractivity contribution in [3.8, 4) is 11.1 Å². The first kappa shape index (κ1) is 15.2. The molecule has 0 fully saturated rings. The molecule has 1 aliphatic carbocycles. The van der Waals surface area contributed by atoms with Crippen LogP contribution in [0.2, 0.25) is 0 Å². The van der Waals surface area contributed by atoms with Gasteiger partial charge >= 0.3 is 0 Å². The smallest absolute Gasteiger partial charge is 0.234 e. The average molecular weight is 360 g/mol. The van der Waals surface area contributed by atoms with Gasteiger partial charge in [0.05, 0.1) is 22.1 Å². The third-order valence-corrected chi connectivity index (χ3v) is 5.40. The summed E-state index contributed by atoms with van der Waals surface area (Å²) in [5.41, 5.74) is 5.76. The lowest BCUT2D eigenvalue weighted by atomic mass is 9.81. The first-order valence-electron chi connectivity index (χ1n) is 9.03. The summed E-state index contributed by atoms with van der Waals surface area (Å²) in [6.07, 6.45) is 0. The first-order chi connectivity index (χ1) is 13.7. The second-order valence-corrected chi connectivity index (χ2v) is 6.93.